The van der Waals surface area contributed by atoms with Crippen molar-refractivity contribution in [1.82, 2.24) is 16.0 Å². The summed E-state index contributed by atoms with van der Waals surface area (Å²) in [5.41, 5.74) is 0.836. The van der Waals surface area contributed by atoms with Crippen molar-refractivity contribution in [1.29, 1.82) is 0 Å². The van der Waals surface area contributed by atoms with Crippen LogP contribution in [0.5, 0.6) is 5.75 Å². The third kappa shape index (κ3) is 3.47. The molecule has 1 aromatic carbocycles. The van der Waals surface area contributed by atoms with Gasteiger partial charge in [-0.1, -0.05) is 12.1 Å². The molecule has 1 aromatic rings. The van der Waals surface area contributed by atoms with Gasteiger partial charge in [0.2, 0.25) is 5.91 Å². The summed E-state index contributed by atoms with van der Waals surface area (Å²) in [6.07, 6.45) is 0.201. The maximum atomic E-state index is 11.7. The van der Waals surface area contributed by atoms with Gasteiger partial charge < -0.3 is 15.4 Å². The van der Waals surface area contributed by atoms with Gasteiger partial charge in [-0.3, -0.25) is 14.9 Å². The Morgan fingerprint density at radius 2 is 2.00 bits per heavy atom. The molecule has 0 spiro atoms. The lowest BCUT2D eigenvalue weighted by Gasteiger charge is -2.09. The minimum absolute atomic E-state index is 0.0760. The molecule has 0 aliphatic carbocycles. The molecule has 0 bridgehead atoms. The number of hydrogen-bond acceptors (Lipinski definition) is 4. The number of methoxy groups -OCH3 is 1. The Morgan fingerprint density at radius 3 is 2.55 bits per heavy atom. The predicted molar refractivity (Wildman–Crippen MR) is 70.2 cm³/mol. The molecule has 1 unspecified atom stereocenters. The number of urea groups is 1. The Morgan fingerprint density at radius 1 is 1.30 bits per heavy atom. The number of ether oxygens (including phenoxy) is 1. The van der Waals surface area contributed by atoms with Crippen LogP contribution >= 0.6 is 0 Å². The van der Waals surface area contributed by atoms with Crippen molar-refractivity contribution >= 4 is 17.8 Å². The van der Waals surface area contributed by atoms with E-state index in [9.17, 15) is 14.4 Å². The summed E-state index contributed by atoms with van der Waals surface area (Å²) in [7, 11) is 1.57. The standard InChI is InChI=1S/C13H15N3O4/c1-20-9-4-2-8(3-5-9)6-11(17)14-7-10-12(18)16-13(19)15-10/h2-5,10H,6-7H2,1H3,(H,14,17)(H2,15,16,18,19). The Hall–Kier alpha value is -2.57. The van der Waals surface area contributed by atoms with Crippen LogP contribution in [0.4, 0.5) is 4.79 Å². The van der Waals surface area contributed by atoms with Crippen LogP contribution in [0.25, 0.3) is 0 Å². The molecule has 1 fully saturated rings. The van der Waals surface area contributed by atoms with Crippen LogP contribution in [-0.4, -0.2) is 37.5 Å². The fraction of sp³-hybridized carbons (Fsp3) is 0.308. The summed E-state index contributed by atoms with van der Waals surface area (Å²) in [5.74, 6) is 0.0726. The van der Waals surface area contributed by atoms with E-state index in [-0.39, 0.29) is 18.9 Å². The maximum absolute atomic E-state index is 11.7. The van der Waals surface area contributed by atoms with E-state index in [1.54, 1.807) is 31.4 Å². The minimum atomic E-state index is -0.706. The van der Waals surface area contributed by atoms with Gasteiger partial charge in [-0.05, 0) is 17.7 Å². The Labute approximate surface area is 115 Å². The van der Waals surface area contributed by atoms with Crippen LogP contribution in [0.2, 0.25) is 0 Å². The van der Waals surface area contributed by atoms with E-state index >= 15 is 0 Å². The highest BCUT2D eigenvalue weighted by Crippen LogP contribution is 2.11. The van der Waals surface area contributed by atoms with Crippen LogP contribution in [0.15, 0.2) is 24.3 Å². The number of amides is 4. The molecule has 2 rings (SSSR count). The van der Waals surface area contributed by atoms with Crippen molar-refractivity contribution in [2.24, 2.45) is 0 Å². The third-order valence-electron chi connectivity index (χ3n) is 2.89. The first kappa shape index (κ1) is 13.9. The molecule has 4 amide bonds. The Bertz CT molecular complexity index is 527. The zero-order valence-corrected chi connectivity index (χ0v) is 10.9. The van der Waals surface area contributed by atoms with Gasteiger partial charge in [-0.25, -0.2) is 4.79 Å². The van der Waals surface area contributed by atoms with E-state index in [0.29, 0.717) is 0 Å². The third-order valence-corrected chi connectivity index (χ3v) is 2.89. The van der Waals surface area contributed by atoms with Gasteiger partial charge in [0.1, 0.15) is 11.8 Å². The number of carbonyl (C=O) groups is 3. The lowest BCUT2D eigenvalue weighted by Crippen LogP contribution is -2.42. The van der Waals surface area contributed by atoms with E-state index in [4.69, 9.17) is 4.74 Å². The average molecular weight is 277 g/mol. The fourth-order valence-electron chi connectivity index (χ4n) is 1.81. The molecule has 1 saturated heterocycles. The van der Waals surface area contributed by atoms with Crippen LogP contribution < -0.4 is 20.7 Å². The quantitative estimate of drug-likeness (QED) is 0.636. The highest BCUT2D eigenvalue weighted by molar-refractivity contribution is 6.04. The highest BCUT2D eigenvalue weighted by Gasteiger charge is 2.29. The van der Waals surface area contributed by atoms with Crippen molar-refractivity contribution < 1.29 is 19.1 Å². The van der Waals surface area contributed by atoms with Crippen molar-refractivity contribution in [3.8, 4) is 5.75 Å². The zero-order chi connectivity index (χ0) is 14.5. The minimum Gasteiger partial charge on any atom is -0.497 e. The molecule has 7 nitrogen and oxygen atoms in total. The van der Waals surface area contributed by atoms with Gasteiger partial charge in [0, 0.05) is 6.54 Å². The second-order valence-electron chi connectivity index (χ2n) is 4.34. The van der Waals surface area contributed by atoms with Crippen LogP contribution in [0, 0.1) is 0 Å². The second-order valence-corrected chi connectivity index (χ2v) is 4.34. The van der Waals surface area contributed by atoms with Crippen LogP contribution in [0.3, 0.4) is 0 Å². The summed E-state index contributed by atoms with van der Waals surface area (Å²) in [4.78, 5) is 33.9. The molecule has 7 heteroatoms. The van der Waals surface area contributed by atoms with E-state index in [0.717, 1.165) is 11.3 Å². The van der Waals surface area contributed by atoms with Crippen molar-refractivity contribution in [3.63, 3.8) is 0 Å². The van der Waals surface area contributed by atoms with Crippen molar-refractivity contribution in [2.45, 2.75) is 12.5 Å². The van der Waals surface area contributed by atoms with Gasteiger partial charge in [0.05, 0.1) is 13.5 Å². The monoisotopic (exact) mass is 277 g/mol. The molecular weight excluding hydrogens is 262 g/mol. The van der Waals surface area contributed by atoms with Gasteiger partial charge in [-0.2, -0.15) is 0 Å². The first-order valence-corrected chi connectivity index (χ1v) is 6.09. The average Bonchev–Trinajstić information content (AvgIpc) is 2.75. The van der Waals surface area contributed by atoms with E-state index < -0.39 is 18.0 Å². The molecule has 106 valence electrons. The van der Waals surface area contributed by atoms with Gasteiger partial charge in [0.25, 0.3) is 5.91 Å². The van der Waals surface area contributed by atoms with Crippen LogP contribution in [0.1, 0.15) is 5.56 Å². The summed E-state index contributed by atoms with van der Waals surface area (Å²) >= 11 is 0. The number of benzene rings is 1. The summed E-state index contributed by atoms with van der Waals surface area (Å²) in [6.45, 7) is 0.0760. The maximum Gasteiger partial charge on any atom is 0.322 e. The number of imide groups is 1. The molecule has 3 N–H and O–H groups in total. The number of rotatable bonds is 5. The first-order valence-electron chi connectivity index (χ1n) is 6.09. The van der Waals surface area contributed by atoms with E-state index in [1.165, 1.54) is 0 Å². The van der Waals surface area contributed by atoms with E-state index in [1.807, 2.05) is 0 Å². The fourth-order valence-corrected chi connectivity index (χ4v) is 1.81. The highest BCUT2D eigenvalue weighted by atomic mass is 16.5. The lowest BCUT2D eigenvalue weighted by molar-refractivity contribution is -0.121. The molecule has 1 aliphatic heterocycles. The summed E-state index contributed by atoms with van der Waals surface area (Å²) < 4.78 is 5.03. The smallest absolute Gasteiger partial charge is 0.322 e. The second kappa shape index (κ2) is 6.05. The number of nitrogens with one attached hydrogen (secondary N) is 3. The van der Waals surface area contributed by atoms with Crippen LogP contribution in [-0.2, 0) is 16.0 Å². The van der Waals surface area contributed by atoms with Crippen molar-refractivity contribution in [3.05, 3.63) is 29.8 Å². The largest absolute Gasteiger partial charge is 0.497 e. The van der Waals surface area contributed by atoms with Gasteiger partial charge >= 0.3 is 6.03 Å². The lowest BCUT2D eigenvalue weighted by atomic mass is 10.1. The molecule has 20 heavy (non-hydrogen) atoms. The molecule has 0 saturated carbocycles. The van der Waals surface area contributed by atoms with Crippen molar-refractivity contribution in [2.75, 3.05) is 13.7 Å². The zero-order valence-electron chi connectivity index (χ0n) is 10.9. The Kier molecular flexibility index (Phi) is 4.19. The number of hydrogen-bond donors (Lipinski definition) is 3. The molecule has 1 aliphatic rings. The molecular formula is C13H15N3O4. The topological polar surface area (TPSA) is 96.5 Å². The summed E-state index contributed by atoms with van der Waals surface area (Å²) in [6, 6.07) is 5.89. The first-order chi connectivity index (χ1) is 9.58. The SMILES string of the molecule is COc1ccc(CC(=O)NCC2NC(=O)NC2=O)cc1. The molecule has 0 aromatic heterocycles. The normalized spacial score (nSPS) is 17.4. The molecule has 0 radical (unpaired) electrons. The predicted octanol–water partition coefficient (Wildman–Crippen LogP) is -0.438. The van der Waals surface area contributed by atoms with E-state index in [2.05, 4.69) is 16.0 Å². The summed E-state index contributed by atoms with van der Waals surface area (Å²) in [5, 5.41) is 7.11. The molecule has 1 heterocycles. The van der Waals surface area contributed by atoms with Gasteiger partial charge in [-0.15, -0.1) is 0 Å². The number of carbonyl (C=O) groups excluding carboxylic acids is 3. The molecule has 1 atom stereocenters. The Balaban J connectivity index is 1.80. The van der Waals surface area contributed by atoms with Gasteiger partial charge in [0.15, 0.2) is 0 Å².